The molecule has 2 rings (SSSR count). The van der Waals surface area contributed by atoms with Gasteiger partial charge in [0, 0.05) is 5.56 Å². The first-order valence-corrected chi connectivity index (χ1v) is 5.15. The first-order chi connectivity index (χ1) is 7.70. The van der Waals surface area contributed by atoms with Gasteiger partial charge in [-0.2, -0.15) is 0 Å². The Morgan fingerprint density at radius 1 is 1.19 bits per heavy atom. The first-order valence-electron chi connectivity index (χ1n) is 4.75. The summed E-state index contributed by atoms with van der Waals surface area (Å²) in [7, 11) is 1.63. The van der Waals surface area contributed by atoms with Gasteiger partial charge in [-0.1, -0.05) is 12.2 Å². The SMILES string of the molecule is COc1ccc(-c2ccc(C(N)=S)o2)cc1. The maximum Gasteiger partial charge on any atom is 0.161 e. The average Bonchev–Trinajstić information content (AvgIpc) is 2.78. The van der Waals surface area contributed by atoms with Gasteiger partial charge in [0.2, 0.25) is 0 Å². The Labute approximate surface area is 98.8 Å². The molecule has 0 bridgehead atoms. The standard InChI is InChI=1S/C12H11NO2S/c1-14-9-4-2-8(3-5-9)10-6-7-11(15-10)12(13)16/h2-7H,1H3,(H2,13,16). The second kappa shape index (κ2) is 4.37. The molecule has 0 radical (unpaired) electrons. The van der Waals surface area contributed by atoms with Crippen LogP contribution in [0.1, 0.15) is 5.76 Å². The van der Waals surface area contributed by atoms with Crippen LogP contribution in [0.2, 0.25) is 0 Å². The summed E-state index contributed by atoms with van der Waals surface area (Å²) in [5.41, 5.74) is 6.43. The van der Waals surface area contributed by atoms with Crippen molar-refractivity contribution in [2.75, 3.05) is 7.11 Å². The third-order valence-corrected chi connectivity index (χ3v) is 2.42. The zero-order chi connectivity index (χ0) is 11.5. The lowest BCUT2D eigenvalue weighted by atomic mass is 10.2. The highest BCUT2D eigenvalue weighted by Gasteiger charge is 2.06. The summed E-state index contributed by atoms with van der Waals surface area (Å²) in [6.07, 6.45) is 0. The second-order valence-electron chi connectivity index (χ2n) is 3.26. The maximum atomic E-state index is 5.50. The van der Waals surface area contributed by atoms with E-state index < -0.39 is 0 Å². The number of thiocarbonyl (C=S) groups is 1. The van der Waals surface area contributed by atoms with Gasteiger partial charge in [0.05, 0.1) is 7.11 Å². The Bertz CT molecular complexity index is 502. The lowest BCUT2D eigenvalue weighted by Crippen LogP contribution is -2.07. The van der Waals surface area contributed by atoms with E-state index in [-0.39, 0.29) is 4.99 Å². The molecule has 2 N–H and O–H groups in total. The fourth-order valence-electron chi connectivity index (χ4n) is 1.38. The first kappa shape index (κ1) is 10.7. The van der Waals surface area contributed by atoms with Crippen LogP contribution in [0.15, 0.2) is 40.8 Å². The molecule has 3 nitrogen and oxygen atoms in total. The number of hydrogen-bond acceptors (Lipinski definition) is 3. The largest absolute Gasteiger partial charge is 0.497 e. The van der Waals surface area contributed by atoms with Gasteiger partial charge in [-0.25, -0.2) is 0 Å². The molecule has 0 atom stereocenters. The molecule has 1 heterocycles. The van der Waals surface area contributed by atoms with Gasteiger partial charge in [-0.3, -0.25) is 0 Å². The fraction of sp³-hybridized carbons (Fsp3) is 0.0833. The summed E-state index contributed by atoms with van der Waals surface area (Å²) in [4.78, 5) is 0.264. The number of methoxy groups -OCH3 is 1. The Hall–Kier alpha value is -1.81. The highest BCUT2D eigenvalue weighted by atomic mass is 32.1. The van der Waals surface area contributed by atoms with Crippen molar-refractivity contribution in [2.45, 2.75) is 0 Å². The Morgan fingerprint density at radius 2 is 1.88 bits per heavy atom. The monoisotopic (exact) mass is 233 g/mol. The van der Waals surface area contributed by atoms with Crippen LogP contribution in [0, 0.1) is 0 Å². The maximum absolute atomic E-state index is 5.50. The molecule has 0 unspecified atom stereocenters. The summed E-state index contributed by atoms with van der Waals surface area (Å²) in [6, 6.07) is 11.2. The summed E-state index contributed by atoms with van der Waals surface area (Å²) in [5, 5.41) is 0. The van der Waals surface area contributed by atoms with Crippen molar-refractivity contribution in [1.29, 1.82) is 0 Å². The Balaban J connectivity index is 2.31. The van der Waals surface area contributed by atoms with E-state index in [0.29, 0.717) is 5.76 Å². The Morgan fingerprint density at radius 3 is 2.38 bits per heavy atom. The van der Waals surface area contributed by atoms with Crippen molar-refractivity contribution in [2.24, 2.45) is 5.73 Å². The molecule has 0 spiro atoms. The van der Waals surface area contributed by atoms with Crippen molar-refractivity contribution in [3.05, 3.63) is 42.2 Å². The Kier molecular flexibility index (Phi) is 2.92. The van der Waals surface area contributed by atoms with E-state index >= 15 is 0 Å². The number of hydrogen-bond donors (Lipinski definition) is 1. The van der Waals surface area contributed by atoms with Crippen LogP contribution in [0.5, 0.6) is 5.75 Å². The van der Waals surface area contributed by atoms with Crippen LogP contribution >= 0.6 is 12.2 Å². The van der Waals surface area contributed by atoms with Gasteiger partial charge in [-0.15, -0.1) is 0 Å². The van der Waals surface area contributed by atoms with Crippen LogP contribution in [-0.2, 0) is 0 Å². The molecular formula is C12H11NO2S. The van der Waals surface area contributed by atoms with Gasteiger partial charge < -0.3 is 14.9 Å². The summed E-state index contributed by atoms with van der Waals surface area (Å²) < 4.78 is 10.6. The predicted molar refractivity (Wildman–Crippen MR) is 66.6 cm³/mol. The van der Waals surface area contributed by atoms with Gasteiger partial charge >= 0.3 is 0 Å². The molecule has 0 saturated carbocycles. The van der Waals surface area contributed by atoms with Crippen LogP contribution in [0.3, 0.4) is 0 Å². The predicted octanol–water partition coefficient (Wildman–Crippen LogP) is 2.59. The van der Waals surface area contributed by atoms with Gasteiger partial charge in [0.1, 0.15) is 16.5 Å². The van der Waals surface area contributed by atoms with E-state index in [9.17, 15) is 0 Å². The molecule has 1 aromatic carbocycles. The van der Waals surface area contributed by atoms with Gasteiger partial charge in [0.15, 0.2) is 5.76 Å². The zero-order valence-corrected chi connectivity index (χ0v) is 9.58. The molecule has 1 aromatic heterocycles. The van der Waals surface area contributed by atoms with Crippen molar-refractivity contribution < 1.29 is 9.15 Å². The molecule has 4 heteroatoms. The second-order valence-corrected chi connectivity index (χ2v) is 3.70. The van der Waals surface area contributed by atoms with Crippen LogP contribution < -0.4 is 10.5 Å². The molecule has 0 aliphatic heterocycles. The minimum absolute atomic E-state index is 0.264. The highest BCUT2D eigenvalue weighted by molar-refractivity contribution is 7.80. The quantitative estimate of drug-likeness (QED) is 0.828. The molecule has 2 aromatic rings. The highest BCUT2D eigenvalue weighted by Crippen LogP contribution is 2.24. The van der Waals surface area contributed by atoms with E-state index in [1.54, 1.807) is 13.2 Å². The lowest BCUT2D eigenvalue weighted by molar-refractivity contribution is 0.415. The van der Waals surface area contributed by atoms with Crippen LogP contribution in [0.4, 0.5) is 0 Å². The van der Waals surface area contributed by atoms with E-state index in [1.165, 1.54) is 0 Å². The number of nitrogens with two attached hydrogens (primary N) is 1. The zero-order valence-electron chi connectivity index (χ0n) is 8.77. The van der Waals surface area contributed by atoms with Gasteiger partial charge in [-0.05, 0) is 36.4 Å². The van der Waals surface area contributed by atoms with Crippen molar-refractivity contribution in [1.82, 2.24) is 0 Å². The van der Waals surface area contributed by atoms with Crippen molar-refractivity contribution in [3.8, 4) is 17.1 Å². The third-order valence-electron chi connectivity index (χ3n) is 2.22. The minimum atomic E-state index is 0.264. The molecule has 0 aliphatic carbocycles. The normalized spacial score (nSPS) is 10.1. The van der Waals surface area contributed by atoms with E-state index in [2.05, 4.69) is 0 Å². The van der Waals surface area contributed by atoms with Crippen LogP contribution in [0.25, 0.3) is 11.3 Å². The van der Waals surface area contributed by atoms with E-state index in [1.807, 2.05) is 30.3 Å². The topological polar surface area (TPSA) is 48.4 Å². The summed E-state index contributed by atoms with van der Waals surface area (Å²) in [6.45, 7) is 0. The van der Waals surface area contributed by atoms with E-state index in [0.717, 1.165) is 17.1 Å². The summed E-state index contributed by atoms with van der Waals surface area (Å²) >= 11 is 4.83. The van der Waals surface area contributed by atoms with Crippen molar-refractivity contribution in [3.63, 3.8) is 0 Å². The molecule has 0 amide bonds. The smallest absolute Gasteiger partial charge is 0.161 e. The molecule has 16 heavy (non-hydrogen) atoms. The number of ether oxygens (including phenoxy) is 1. The molecule has 0 saturated heterocycles. The minimum Gasteiger partial charge on any atom is -0.497 e. The average molecular weight is 233 g/mol. The fourth-order valence-corrected chi connectivity index (χ4v) is 1.49. The van der Waals surface area contributed by atoms with E-state index in [4.69, 9.17) is 27.1 Å². The van der Waals surface area contributed by atoms with Gasteiger partial charge in [0.25, 0.3) is 0 Å². The summed E-state index contributed by atoms with van der Waals surface area (Å²) in [5.74, 6) is 2.08. The third kappa shape index (κ3) is 2.06. The van der Waals surface area contributed by atoms with Crippen molar-refractivity contribution >= 4 is 17.2 Å². The van der Waals surface area contributed by atoms with Crippen LogP contribution in [-0.4, -0.2) is 12.1 Å². The lowest BCUT2D eigenvalue weighted by Gasteiger charge is -2.00. The number of benzene rings is 1. The molecule has 82 valence electrons. The molecule has 0 fully saturated rings. The molecular weight excluding hydrogens is 222 g/mol. The number of furan rings is 1. The molecule has 0 aliphatic rings. The number of rotatable bonds is 3.